The number of nitrogens with zero attached hydrogens (tertiary/aromatic N) is 2. The Labute approximate surface area is 89.9 Å². The first-order chi connectivity index (χ1) is 7.15. The van der Waals surface area contributed by atoms with Crippen LogP contribution < -0.4 is 0 Å². The summed E-state index contributed by atoms with van der Waals surface area (Å²) in [6.07, 6.45) is 6.00. The molecule has 0 unspecified atom stereocenters. The van der Waals surface area contributed by atoms with Gasteiger partial charge in [-0.2, -0.15) is 5.10 Å². The quantitative estimate of drug-likeness (QED) is 0.833. The molecule has 0 aliphatic rings. The van der Waals surface area contributed by atoms with Crippen molar-refractivity contribution in [2.24, 2.45) is 0 Å². The monoisotopic (exact) mass is 203 g/mol. The molecule has 3 nitrogen and oxygen atoms in total. The summed E-state index contributed by atoms with van der Waals surface area (Å²) in [5.41, 5.74) is 2.35. The summed E-state index contributed by atoms with van der Waals surface area (Å²) in [5, 5.41) is 8.60. The molecule has 0 saturated heterocycles. The van der Waals surface area contributed by atoms with E-state index in [2.05, 4.69) is 36.0 Å². The van der Waals surface area contributed by atoms with Crippen LogP contribution in [-0.4, -0.2) is 15.2 Å². The first-order valence-corrected chi connectivity index (χ1v) is 5.43. The maximum Gasteiger partial charge on any atom is 0.0954 e. The Bertz CT molecular complexity index is 457. The molecule has 0 fully saturated rings. The van der Waals surface area contributed by atoms with Gasteiger partial charge in [0, 0.05) is 23.2 Å². The van der Waals surface area contributed by atoms with Crippen LogP contribution in [0.25, 0.3) is 10.9 Å². The standard InChI is InChI=1S/C12H17N3/c1-4-6-12(2,3)11-9-8-13-7-5-10(9)14-15-11/h5,7-8H,4,6H2,1-3H3,(H,14,15). The SMILES string of the molecule is CCCC(C)(C)c1[nH]nc2ccncc12. The Morgan fingerprint density at radius 1 is 1.40 bits per heavy atom. The van der Waals surface area contributed by atoms with E-state index in [1.807, 2.05) is 12.3 Å². The Hall–Kier alpha value is -1.38. The van der Waals surface area contributed by atoms with E-state index in [-0.39, 0.29) is 5.41 Å². The lowest BCUT2D eigenvalue weighted by atomic mass is 9.83. The second-order valence-electron chi connectivity index (χ2n) is 4.63. The van der Waals surface area contributed by atoms with Crippen molar-refractivity contribution in [3.8, 4) is 0 Å². The van der Waals surface area contributed by atoms with Crippen LogP contribution in [0, 0.1) is 0 Å². The molecule has 15 heavy (non-hydrogen) atoms. The van der Waals surface area contributed by atoms with E-state index in [9.17, 15) is 0 Å². The highest BCUT2D eigenvalue weighted by Gasteiger charge is 2.23. The van der Waals surface area contributed by atoms with Crippen molar-refractivity contribution in [2.45, 2.75) is 39.0 Å². The summed E-state index contributed by atoms with van der Waals surface area (Å²) in [4.78, 5) is 4.16. The predicted molar refractivity (Wildman–Crippen MR) is 61.8 cm³/mol. The number of hydrogen-bond acceptors (Lipinski definition) is 2. The minimum atomic E-state index is 0.145. The average Bonchev–Trinajstić information content (AvgIpc) is 2.61. The summed E-state index contributed by atoms with van der Waals surface area (Å²) in [6.45, 7) is 6.70. The second kappa shape index (κ2) is 3.65. The van der Waals surface area contributed by atoms with Crippen LogP contribution in [0.3, 0.4) is 0 Å². The molecule has 0 radical (unpaired) electrons. The summed E-state index contributed by atoms with van der Waals surface area (Å²) in [6, 6.07) is 1.94. The zero-order valence-electron chi connectivity index (χ0n) is 9.54. The van der Waals surface area contributed by atoms with Crippen LogP contribution in [0.1, 0.15) is 39.3 Å². The summed E-state index contributed by atoms with van der Waals surface area (Å²) < 4.78 is 0. The van der Waals surface area contributed by atoms with Crippen molar-refractivity contribution in [1.82, 2.24) is 15.2 Å². The highest BCUT2D eigenvalue weighted by atomic mass is 15.1. The van der Waals surface area contributed by atoms with E-state index < -0.39 is 0 Å². The lowest BCUT2D eigenvalue weighted by Crippen LogP contribution is -2.17. The van der Waals surface area contributed by atoms with Gasteiger partial charge in [-0.1, -0.05) is 27.2 Å². The highest BCUT2D eigenvalue weighted by molar-refractivity contribution is 5.81. The van der Waals surface area contributed by atoms with Crippen molar-refractivity contribution in [3.05, 3.63) is 24.2 Å². The molecule has 0 aliphatic heterocycles. The van der Waals surface area contributed by atoms with E-state index in [0.29, 0.717) is 0 Å². The van der Waals surface area contributed by atoms with E-state index in [1.165, 1.54) is 12.1 Å². The van der Waals surface area contributed by atoms with Gasteiger partial charge in [0.15, 0.2) is 0 Å². The van der Waals surface area contributed by atoms with Gasteiger partial charge < -0.3 is 0 Å². The molecule has 80 valence electrons. The molecule has 0 aromatic carbocycles. The smallest absolute Gasteiger partial charge is 0.0954 e. The van der Waals surface area contributed by atoms with Gasteiger partial charge in [0.25, 0.3) is 0 Å². The average molecular weight is 203 g/mol. The van der Waals surface area contributed by atoms with Gasteiger partial charge in [-0.15, -0.1) is 0 Å². The van der Waals surface area contributed by atoms with E-state index in [0.717, 1.165) is 17.3 Å². The number of rotatable bonds is 3. The molecule has 3 heteroatoms. The number of aromatic nitrogens is 3. The Morgan fingerprint density at radius 3 is 2.93 bits per heavy atom. The molecule has 2 aromatic rings. The molecule has 2 aromatic heterocycles. The fourth-order valence-electron chi connectivity index (χ4n) is 2.12. The molecule has 0 atom stereocenters. The number of fused-ring (bicyclic) bond motifs is 1. The minimum Gasteiger partial charge on any atom is -0.281 e. The second-order valence-corrected chi connectivity index (χ2v) is 4.63. The fraction of sp³-hybridized carbons (Fsp3) is 0.500. The van der Waals surface area contributed by atoms with E-state index >= 15 is 0 Å². The van der Waals surface area contributed by atoms with Crippen LogP contribution in [0.5, 0.6) is 0 Å². The van der Waals surface area contributed by atoms with Crippen molar-refractivity contribution in [1.29, 1.82) is 0 Å². The topological polar surface area (TPSA) is 41.6 Å². The van der Waals surface area contributed by atoms with Crippen LogP contribution >= 0.6 is 0 Å². The van der Waals surface area contributed by atoms with Gasteiger partial charge in [0.05, 0.1) is 11.2 Å². The van der Waals surface area contributed by atoms with Gasteiger partial charge in [0.2, 0.25) is 0 Å². The number of H-pyrrole nitrogens is 1. The van der Waals surface area contributed by atoms with Gasteiger partial charge in [-0.3, -0.25) is 10.1 Å². The molecule has 0 spiro atoms. The molecular formula is C12H17N3. The molecule has 0 aliphatic carbocycles. The first kappa shape index (κ1) is 10.1. The number of aromatic amines is 1. The van der Waals surface area contributed by atoms with Crippen LogP contribution in [0.4, 0.5) is 0 Å². The molecular weight excluding hydrogens is 186 g/mol. The van der Waals surface area contributed by atoms with Gasteiger partial charge in [-0.05, 0) is 12.5 Å². The highest BCUT2D eigenvalue weighted by Crippen LogP contribution is 2.31. The predicted octanol–water partition coefficient (Wildman–Crippen LogP) is 3.04. The molecule has 0 bridgehead atoms. The maximum absolute atomic E-state index is 4.30. The number of pyridine rings is 1. The molecule has 0 saturated carbocycles. The molecule has 2 rings (SSSR count). The zero-order chi connectivity index (χ0) is 10.9. The van der Waals surface area contributed by atoms with Crippen LogP contribution in [-0.2, 0) is 5.41 Å². The molecule has 1 N–H and O–H groups in total. The maximum atomic E-state index is 4.30. The third kappa shape index (κ3) is 1.74. The number of hydrogen-bond donors (Lipinski definition) is 1. The number of nitrogens with one attached hydrogen (secondary N) is 1. The third-order valence-electron chi connectivity index (χ3n) is 2.91. The van der Waals surface area contributed by atoms with Crippen LogP contribution in [0.15, 0.2) is 18.5 Å². The fourth-order valence-corrected chi connectivity index (χ4v) is 2.12. The summed E-state index contributed by atoms with van der Waals surface area (Å²) >= 11 is 0. The third-order valence-corrected chi connectivity index (χ3v) is 2.91. The van der Waals surface area contributed by atoms with Gasteiger partial charge in [-0.25, -0.2) is 0 Å². The van der Waals surface area contributed by atoms with Crippen molar-refractivity contribution in [3.63, 3.8) is 0 Å². The summed E-state index contributed by atoms with van der Waals surface area (Å²) in [7, 11) is 0. The van der Waals surface area contributed by atoms with Crippen molar-refractivity contribution < 1.29 is 0 Å². The largest absolute Gasteiger partial charge is 0.281 e. The van der Waals surface area contributed by atoms with E-state index in [1.54, 1.807) is 6.20 Å². The Kier molecular flexibility index (Phi) is 2.47. The normalized spacial score (nSPS) is 12.2. The van der Waals surface area contributed by atoms with Crippen molar-refractivity contribution in [2.75, 3.05) is 0 Å². The van der Waals surface area contributed by atoms with Crippen molar-refractivity contribution >= 4 is 10.9 Å². The van der Waals surface area contributed by atoms with Crippen LogP contribution in [0.2, 0.25) is 0 Å². The van der Waals surface area contributed by atoms with Gasteiger partial charge in [0.1, 0.15) is 0 Å². The lowest BCUT2D eigenvalue weighted by molar-refractivity contribution is 0.462. The Balaban J connectivity index is 2.52. The molecule has 2 heterocycles. The zero-order valence-corrected chi connectivity index (χ0v) is 9.54. The van der Waals surface area contributed by atoms with Gasteiger partial charge >= 0.3 is 0 Å². The Morgan fingerprint density at radius 2 is 2.20 bits per heavy atom. The summed E-state index contributed by atoms with van der Waals surface area (Å²) in [5.74, 6) is 0. The minimum absolute atomic E-state index is 0.145. The lowest BCUT2D eigenvalue weighted by Gasteiger charge is -2.22. The molecule has 0 amide bonds. The van der Waals surface area contributed by atoms with E-state index in [4.69, 9.17) is 0 Å². The first-order valence-electron chi connectivity index (χ1n) is 5.43.